The highest BCUT2D eigenvalue weighted by atomic mass is 35.5. The van der Waals surface area contributed by atoms with Crippen LogP contribution in [-0.4, -0.2) is 22.1 Å². The number of rotatable bonds is 5. The zero-order valence-electron chi connectivity index (χ0n) is 12.1. The Balaban J connectivity index is 2.67. The summed E-state index contributed by atoms with van der Waals surface area (Å²) in [5.74, 6) is 0.743. The van der Waals surface area contributed by atoms with E-state index in [0.717, 1.165) is 17.7 Å². The van der Waals surface area contributed by atoms with Gasteiger partial charge in [0.25, 0.3) is 0 Å². The number of halogens is 1. The van der Waals surface area contributed by atoms with Gasteiger partial charge in [0.2, 0.25) is 0 Å². The number of hydrogen-bond donors (Lipinski definition) is 1. The minimum Gasteiger partial charge on any atom is -0.497 e. The summed E-state index contributed by atoms with van der Waals surface area (Å²) in [5, 5.41) is 0.676. The van der Waals surface area contributed by atoms with E-state index in [2.05, 4.69) is 4.72 Å². The predicted molar refractivity (Wildman–Crippen MR) is 82.2 cm³/mol. The molecular weight excluding hydrogens is 282 g/mol. The third-order valence-electron chi connectivity index (χ3n) is 2.65. The average molecular weight is 304 g/mol. The van der Waals surface area contributed by atoms with Crippen molar-refractivity contribution in [3.05, 3.63) is 28.8 Å². The van der Waals surface area contributed by atoms with Crippen molar-refractivity contribution < 1.29 is 8.95 Å². The predicted octanol–water partition coefficient (Wildman–Crippen LogP) is 3.33. The van der Waals surface area contributed by atoms with Crippen molar-refractivity contribution in [2.45, 2.75) is 44.9 Å². The minimum atomic E-state index is -1.07. The minimum absolute atomic E-state index is 0.0888. The van der Waals surface area contributed by atoms with Gasteiger partial charge in [-0.3, -0.25) is 0 Å². The molecule has 3 nitrogen and oxygen atoms in total. The highest BCUT2D eigenvalue weighted by Gasteiger charge is 2.21. The summed E-state index contributed by atoms with van der Waals surface area (Å²) in [4.78, 5) is 0. The quantitative estimate of drug-likeness (QED) is 0.906. The molecule has 1 N–H and O–H groups in total. The molecular formula is C14H22ClNO2S. The van der Waals surface area contributed by atoms with Crippen molar-refractivity contribution in [2.24, 2.45) is 0 Å². The van der Waals surface area contributed by atoms with Gasteiger partial charge in [0.05, 0.1) is 22.8 Å². The van der Waals surface area contributed by atoms with E-state index in [-0.39, 0.29) is 10.8 Å². The third-order valence-corrected chi connectivity index (χ3v) is 4.73. The zero-order chi connectivity index (χ0) is 14.6. The summed E-state index contributed by atoms with van der Waals surface area (Å²) in [5.41, 5.74) is 1.02. The number of ether oxygens (including phenoxy) is 1. The lowest BCUT2D eigenvalue weighted by Gasteiger charge is -2.22. The maximum absolute atomic E-state index is 12.0. The van der Waals surface area contributed by atoms with Crippen LogP contribution in [-0.2, 0) is 17.4 Å². The Morgan fingerprint density at radius 1 is 1.42 bits per heavy atom. The van der Waals surface area contributed by atoms with Crippen molar-refractivity contribution in [1.29, 1.82) is 0 Å². The second kappa shape index (κ2) is 6.73. The molecule has 0 aliphatic rings. The van der Waals surface area contributed by atoms with Crippen LogP contribution < -0.4 is 9.46 Å². The highest BCUT2D eigenvalue weighted by molar-refractivity contribution is 7.84. The molecule has 0 radical (unpaired) electrons. The van der Waals surface area contributed by atoms with Crippen LogP contribution >= 0.6 is 11.6 Å². The first-order valence-corrected chi connectivity index (χ1v) is 7.77. The first kappa shape index (κ1) is 16.5. The molecule has 0 amide bonds. The van der Waals surface area contributed by atoms with Crippen molar-refractivity contribution in [3.8, 4) is 5.75 Å². The number of benzene rings is 1. The first-order chi connectivity index (χ1) is 8.74. The van der Waals surface area contributed by atoms with Crippen molar-refractivity contribution in [3.63, 3.8) is 0 Å². The van der Waals surface area contributed by atoms with Gasteiger partial charge in [0.1, 0.15) is 5.75 Å². The van der Waals surface area contributed by atoms with Crippen molar-refractivity contribution >= 4 is 22.6 Å². The molecule has 0 aromatic heterocycles. The lowest BCUT2D eigenvalue weighted by molar-refractivity contribution is 0.414. The fourth-order valence-corrected chi connectivity index (χ4v) is 2.60. The molecule has 0 heterocycles. The van der Waals surface area contributed by atoms with Gasteiger partial charge in [0, 0.05) is 11.1 Å². The summed E-state index contributed by atoms with van der Waals surface area (Å²) in [6.45, 7) is 7.85. The summed E-state index contributed by atoms with van der Waals surface area (Å²) in [6, 6.07) is 5.71. The second-order valence-electron chi connectivity index (χ2n) is 5.56. The molecule has 0 spiro atoms. The van der Waals surface area contributed by atoms with Crippen molar-refractivity contribution in [2.75, 3.05) is 7.11 Å². The highest BCUT2D eigenvalue weighted by Crippen LogP contribution is 2.23. The maximum Gasteiger partial charge on any atom is 0.120 e. The molecule has 1 rings (SSSR count). The van der Waals surface area contributed by atoms with Crippen LogP contribution in [0.1, 0.15) is 33.3 Å². The van der Waals surface area contributed by atoms with Gasteiger partial charge in [-0.25, -0.2) is 8.93 Å². The van der Waals surface area contributed by atoms with Gasteiger partial charge in [-0.15, -0.1) is 0 Å². The van der Waals surface area contributed by atoms with Gasteiger partial charge >= 0.3 is 0 Å². The monoisotopic (exact) mass is 303 g/mol. The van der Waals surface area contributed by atoms with E-state index in [1.807, 2.05) is 39.8 Å². The topological polar surface area (TPSA) is 38.3 Å². The van der Waals surface area contributed by atoms with E-state index in [9.17, 15) is 4.21 Å². The Morgan fingerprint density at radius 3 is 2.53 bits per heavy atom. The Labute approximate surface area is 123 Å². The average Bonchev–Trinajstić information content (AvgIpc) is 2.30. The Bertz CT molecular complexity index is 457. The summed E-state index contributed by atoms with van der Waals surface area (Å²) < 4.78 is 20.0. The number of nitrogens with one attached hydrogen (secondary N) is 1. The van der Waals surface area contributed by atoms with Crippen LogP contribution in [0.5, 0.6) is 5.75 Å². The molecule has 2 unspecified atom stereocenters. The second-order valence-corrected chi connectivity index (χ2v) is 7.97. The summed E-state index contributed by atoms with van der Waals surface area (Å²) in [7, 11) is 0.542. The van der Waals surface area contributed by atoms with Crippen molar-refractivity contribution in [1.82, 2.24) is 4.72 Å². The molecule has 0 saturated carbocycles. The molecule has 1 aromatic rings. The molecule has 0 aliphatic heterocycles. The SMILES string of the molecule is COc1ccc(CC(C)NS(=O)C(C)(C)C)c(Cl)c1. The van der Waals surface area contributed by atoms with Gasteiger partial charge in [-0.2, -0.15) is 0 Å². The van der Waals surface area contributed by atoms with Crippen LogP contribution in [0, 0.1) is 0 Å². The van der Waals surface area contributed by atoms with Gasteiger partial charge in [-0.1, -0.05) is 17.7 Å². The van der Waals surface area contributed by atoms with Gasteiger partial charge < -0.3 is 4.74 Å². The van der Waals surface area contributed by atoms with E-state index in [4.69, 9.17) is 16.3 Å². The first-order valence-electron chi connectivity index (χ1n) is 6.24. The third kappa shape index (κ3) is 5.13. The molecule has 19 heavy (non-hydrogen) atoms. The summed E-state index contributed by atoms with van der Waals surface area (Å²) in [6.07, 6.45) is 0.727. The Kier molecular flexibility index (Phi) is 5.83. The zero-order valence-corrected chi connectivity index (χ0v) is 13.7. The Morgan fingerprint density at radius 2 is 2.05 bits per heavy atom. The fourth-order valence-electron chi connectivity index (χ4n) is 1.55. The van der Waals surface area contributed by atoms with Crippen LogP contribution in [0.15, 0.2) is 18.2 Å². The number of hydrogen-bond acceptors (Lipinski definition) is 2. The largest absolute Gasteiger partial charge is 0.497 e. The Hall–Kier alpha value is -0.580. The van der Waals surface area contributed by atoms with E-state index < -0.39 is 11.0 Å². The van der Waals surface area contributed by atoms with E-state index in [1.54, 1.807) is 13.2 Å². The van der Waals surface area contributed by atoms with E-state index in [0.29, 0.717) is 5.02 Å². The van der Waals surface area contributed by atoms with Crippen LogP contribution in [0.25, 0.3) is 0 Å². The standard InChI is InChI=1S/C14H22ClNO2S/c1-10(16-19(17)14(2,3)4)8-11-6-7-12(18-5)9-13(11)15/h6-7,9-10,16H,8H2,1-5H3. The van der Waals surface area contributed by atoms with Gasteiger partial charge in [-0.05, 0) is 51.8 Å². The number of methoxy groups -OCH3 is 1. The lowest BCUT2D eigenvalue weighted by Crippen LogP contribution is -2.39. The molecule has 5 heteroatoms. The molecule has 0 aliphatic carbocycles. The molecule has 0 fully saturated rings. The van der Waals surface area contributed by atoms with Crippen LogP contribution in [0.4, 0.5) is 0 Å². The molecule has 0 saturated heterocycles. The summed E-state index contributed by atoms with van der Waals surface area (Å²) >= 11 is 6.20. The molecule has 1 aromatic carbocycles. The normalized spacial score (nSPS) is 15.1. The lowest BCUT2D eigenvalue weighted by atomic mass is 10.1. The maximum atomic E-state index is 12.0. The smallest absolute Gasteiger partial charge is 0.120 e. The van der Waals surface area contributed by atoms with Crippen LogP contribution in [0.3, 0.4) is 0 Å². The molecule has 2 atom stereocenters. The van der Waals surface area contributed by atoms with Gasteiger partial charge in [0.15, 0.2) is 0 Å². The van der Waals surface area contributed by atoms with E-state index >= 15 is 0 Å². The molecule has 0 bridgehead atoms. The van der Waals surface area contributed by atoms with E-state index in [1.165, 1.54) is 0 Å². The molecule has 108 valence electrons. The van der Waals surface area contributed by atoms with Crippen LogP contribution in [0.2, 0.25) is 5.02 Å². The fraction of sp³-hybridized carbons (Fsp3) is 0.571.